The van der Waals surface area contributed by atoms with Crippen molar-refractivity contribution in [1.82, 2.24) is 15.4 Å². The van der Waals surface area contributed by atoms with Crippen molar-refractivity contribution in [2.45, 2.75) is 39.0 Å². The van der Waals surface area contributed by atoms with Crippen LogP contribution in [0.1, 0.15) is 38.3 Å². The van der Waals surface area contributed by atoms with Crippen molar-refractivity contribution in [3.05, 3.63) is 26.9 Å². The van der Waals surface area contributed by atoms with E-state index in [0.29, 0.717) is 11.6 Å². The molecule has 20 heavy (non-hydrogen) atoms. The summed E-state index contributed by atoms with van der Waals surface area (Å²) in [6, 6.07) is 1.33. The number of aromatic amines is 2. The second kappa shape index (κ2) is 6.60. The average Bonchev–Trinajstić information content (AvgIpc) is 2.36. The van der Waals surface area contributed by atoms with Crippen LogP contribution < -0.4 is 11.0 Å². The fraction of sp³-hybridized carbons (Fsp3) is 0.538. The van der Waals surface area contributed by atoms with Crippen LogP contribution in [0.15, 0.2) is 16.0 Å². The lowest BCUT2D eigenvalue weighted by Gasteiger charge is -2.19. The molecule has 1 aliphatic carbocycles. The largest absolute Gasteiger partial charge is 0.335 e. The molecule has 1 amide bonds. The highest BCUT2D eigenvalue weighted by atomic mass is 32.1. The summed E-state index contributed by atoms with van der Waals surface area (Å²) >= 11 is 4.85. The molecule has 1 aromatic rings. The highest BCUT2D eigenvalue weighted by Gasteiger charge is 2.16. The zero-order valence-electron chi connectivity index (χ0n) is 11.4. The van der Waals surface area contributed by atoms with Gasteiger partial charge in [0.15, 0.2) is 4.77 Å². The molecule has 1 aliphatic rings. The monoisotopic (exact) mass is 294 g/mol. The maximum atomic E-state index is 11.8. The number of hydrogen-bond donors (Lipinski definition) is 3. The lowest BCUT2D eigenvalue weighted by Crippen LogP contribution is -2.26. The van der Waals surface area contributed by atoms with E-state index >= 15 is 0 Å². The number of H-pyrrole nitrogens is 2. The highest BCUT2D eigenvalue weighted by molar-refractivity contribution is 7.71. The van der Waals surface area contributed by atoms with Crippen LogP contribution in [0.25, 0.3) is 0 Å². The van der Waals surface area contributed by atoms with Gasteiger partial charge in [0.25, 0.3) is 5.56 Å². The quantitative estimate of drug-likeness (QED) is 0.585. The number of amides is 1. The second-order valence-corrected chi connectivity index (χ2v) is 5.48. The van der Waals surface area contributed by atoms with Crippen LogP contribution in [-0.2, 0) is 11.2 Å². The molecule has 1 heterocycles. The maximum Gasteiger partial charge on any atom is 0.251 e. The zero-order valence-corrected chi connectivity index (χ0v) is 12.2. The van der Waals surface area contributed by atoms with Gasteiger partial charge in [0, 0.05) is 17.5 Å². The first-order chi connectivity index (χ1) is 9.54. The summed E-state index contributed by atoms with van der Waals surface area (Å²) in [5, 5.41) is 4.20. The summed E-state index contributed by atoms with van der Waals surface area (Å²) in [5.74, 6) is 0.168. The SMILES string of the molecule is C[C@H]1CCCC/C1=N/NC(=O)Cc1cc(=O)[nH]c(=S)[nH]1. The Morgan fingerprint density at radius 2 is 2.30 bits per heavy atom. The van der Waals surface area contributed by atoms with Crippen molar-refractivity contribution >= 4 is 23.8 Å². The average molecular weight is 294 g/mol. The van der Waals surface area contributed by atoms with E-state index in [9.17, 15) is 9.59 Å². The van der Waals surface area contributed by atoms with E-state index in [0.717, 1.165) is 25.0 Å². The minimum atomic E-state index is -0.316. The number of aromatic nitrogens is 2. The Morgan fingerprint density at radius 3 is 3.00 bits per heavy atom. The van der Waals surface area contributed by atoms with E-state index in [-0.39, 0.29) is 22.7 Å². The Balaban J connectivity index is 1.97. The van der Waals surface area contributed by atoms with Gasteiger partial charge < -0.3 is 4.98 Å². The van der Waals surface area contributed by atoms with Gasteiger partial charge >= 0.3 is 0 Å². The van der Waals surface area contributed by atoms with E-state index in [1.807, 2.05) is 0 Å². The van der Waals surface area contributed by atoms with Crippen molar-refractivity contribution < 1.29 is 4.79 Å². The lowest BCUT2D eigenvalue weighted by molar-refractivity contribution is -0.120. The Bertz CT molecular complexity index is 603. The first-order valence-electron chi connectivity index (χ1n) is 6.72. The van der Waals surface area contributed by atoms with Crippen LogP contribution >= 0.6 is 12.2 Å². The summed E-state index contributed by atoms with van der Waals surface area (Å²) < 4.78 is 0.215. The predicted molar refractivity (Wildman–Crippen MR) is 79.2 cm³/mol. The number of carbonyl (C=O) groups excluding carboxylic acids is 1. The van der Waals surface area contributed by atoms with Gasteiger partial charge in [0.2, 0.25) is 5.91 Å². The summed E-state index contributed by atoms with van der Waals surface area (Å²) in [5.41, 5.74) is 3.76. The fourth-order valence-electron chi connectivity index (χ4n) is 2.30. The van der Waals surface area contributed by atoms with Crippen molar-refractivity contribution in [2.75, 3.05) is 0 Å². The van der Waals surface area contributed by atoms with Crippen molar-refractivity contribution in [3.8, 4) is 0 Å². The molecule has 0 aromatic carbocycles. The predicted octanol–water partition coefficient (Wildman–Crippen LogP) is 1.66. The molecule has 0 saturated heterocycles. The third-order valence-electron chi connectivity index (χ3n) is 3.38. The third-order valence-corrected chi connectivity index (χ3v) is 3.58. The van der Waals surface area contributed by atoms with Gasteiger partial charge in [-0.3, -0.25) is 14.6 Å². The second-order valence-electron chi connectivity index (χ2n) is 5.07. The molecular formula is C13H18N4O2S. The number of hydrogen-bond acceptors (Lipinski definition) is 4. The van der Waals surface area contributed by atoms with Crippen LogP contribution in [0.5, 0.6) is 0 Å². The summed E-state index contributed by atoms with van der Waals surface area (Å²) in [6.07, 6.45) is 4.46. The van der Waals surface area contributed by atoms with Crippen LogP contribution in [0.3, 0.4) is 0 Å². The molecule has 7 heteroatoms. The van der Waals surface area contributed by atoms with E-state index in [1.54, 1.807) is 0 Å². The van der Waals surface area contributed by atoms with Gasteiger partial charge in [-0.1, -0.05) is 13.3 Å². The number of hydrazone groups is 1. The molecule has 0 aliphatic heterocycles. The minimum absolute atomic E-state index is 0.0543. The van der Waals surface area contributed by atoms with Gasteiger partial charge in [-0.2, -0.15) is 5.10 Å². The van der Waals surface area contributed by atoms with Crippen LogP contribution in [0.2, 0.25) is 0 Å². The van der Waals surface area contributed by atoms with Crippen LogP contribution in [0, 0.1) is 10.7 Å². The molecule has 2 rings (SSSR count). The van der Waals surface area contributed by atoms with Crippen molar-refractivity contribution in [1.29, 1.82) is 0 Å². The standard InChI is InChI=1S/C13H18N4O2S/c1-8-4-2-3-5-10(8)16-17-12(19)7-9-6-11(18)15-13(20)14-9/h6,8H,2-5,7H2,1H3,(H,17,19)(H2,14,15,18,20)/b16-10-/t8-/m0/s1. The van der Waals surface area contributed by atoms with Crippen molar-refractivity contribution in [3.63, 3.8) is 0 Å². The summed E-state index contributed by atoms with van der Waals surface area (Å²) in [7, 11) is 0. The number of carbonyl (C=O) groups is 1. The minimum Gasteiger partial charge on any atom is -0.335 e. The number of nitrogens with zero attached hydrogens (tertiary/aromatic N) is 1. The summed E-state index contributed by atoms with van der Waals surface area (Å²) in [6.45, 7) is 2.12. The van der Waals surface area contributed by atoms with E-state index in [2.05, 4.69) is 27.4 Å². The maximum absolute atomic E-state index is 11.8. The van der Waals surface area contributed by atoms with E-state index in [1.165, 1.54) is 12.5 Å². The molecule has 108 valence electrons. The molecular weight excluding hydrogens is 276 g/mol. The van der Waals surface area contributed by atoms with E-state index < -0.39 is 0 Å². The highest BCUT2D eigenvalue weighted by Crippen LogP contribution is 2.20. The number of rotatable bonds is 3. The molecule has 1 saturated carbocycles. The summed E-state index contributed by atoms with van der Waals surface area (Å²) in [4.78, 5) is 28.2. The van der Waals surface area contributed by atoms with Crippen LogP contribution in [-0.4, -0.2) is 21.6 Å². The fourth-order valence-corrected chi connectivity index (χ4v) is 2.53. The molecule has 1 fully saturated rings. The zero-order chi connectivity index (χ0) is 14.5. The first kappa shape index (κ1) is 14.6. The Hall–Kier alpha value is -1.76. The van der Waals surface area contributed by atoms with Gasteiger partial charge in [-0.15, -0.1) is 0 Å². The Morgan fingerprint density at radius 1 is 1.50 bits per heavy atom. The Kier molecular flexibility index (Phi) is 4.84. The molecule has 3 N–H and O–H groups in total. The molecule has 6 nitrogen and oxygen atoms in total. The molecule has 0 spiro atoms. The topological polar surface area (TPSA) is 90.1 Å². The molecule has 1 atom stereocenters. The van der Waals surface area contributed by atoms with Crippen molar-refractivity contribution in [2.24, 2.45) is 11.0 Å². The smallest absolute Gasteiger partial charge is 0.251 e. The molecule has 1 aromatic heterocycles. The van der Waals surface area contributed by atoms with Gasteiger partial charge in [0.1, 0.15) is 0 Å². The molecule has 0 radical (unpaired) electrons. The Labute approximate surface area is 121 Å². The van der Waals surface area contributed by atoms with Gasteiger partial charge in [0.05, 0.1) is 6.42 Å². The van der Waals surface area contributed by atoms with Gasteiger partial charge in [-0.05, 0) is 37.4 Å². The lowest BCUT2D eigenvalue weighted by atomic mass is 9.89. The molecule has 0 bridgehead atoms. The number of nitrogens with one attached hydrogen (secondary N) is 3. The molecule has 0 unspecified atom stereocenters. The van der Waals surface area contributed by atoms with Crippen LogP contribution in [0.4, 0.5) is 0 Å². The third kappa shape index (κ3) is 4.12. The van der Waals surface area contributed by atoms with E-state index in [4.69, 9.17) is 12.2 Å². The first-order valence-corrected chi connectivity index (χ1v) is 7.13. The normalized spacial score (nSPS) is 20.9. The van der Waals surface area contributed by atoms with Gasteiger partial charge in [-0.25, -0.2) is 5.43 Å².